The lowest BCUT2D eigenvalue weighted by Gasteiger charge is -2.35. The van der Waals surface area contributed by atoms with Crippen LogP contribution in [0.2, 0.25) is 0 Å². The molecule has 0 radical (unpaired) electrons. The van der Waals surface area contributed by atoms with Crippen LogP contribution in [-0.4, -0.2) is 41.0 Å². The number of carbonyl (C=O) groups is 1. The van der Waals surface area contributed by atoms with E-state index in [1.807, 2.05) is 36.6 Å². The molecule has 9 heteroatoms. The number of anilines is 2. The van der Waals surface area contributed by atoms with Crippen LogP contribution in [-0.2, 0) is 4.79 Å². The summed E-state index contributed by atoms with van der Waals surface area (Å²) in [6.07, 6.45) is 3.10. The second-order valence-electron chi connectivity index (χ2n) is 8.07. The number of ether oxygens (including phenoxy) is 2. The predicted octanol–water partition coefficient (Wildman–Crippen LogP) is 4.02. The summed E-state index contributed by atoms with van der Waals surface area (Å²) < 4.78 is 12.6. The lowest BCUT2D eigenvalue weighted by atomic mass is 9.78. The zero-order valence-electron chi connectivity index (χ0n) is 18.7. The van der Waals surface area contributed by atoms with Gasteiger partial charge in [0, 0.05) is 22.6 Å². The molecule has 2 unspecified atom stereocenters. The van der Waals surface area contributed by atoms with Gasteiger partial charge in [0.25, 0.3) is 0 Å². The molecule has 5 rings (SSSR count). The number of carbonyl (C=O) groups excluding carboxylic acids is 1. The molecule has 0 bridgehead atoms. The van der Waals surface area contributed by atoms with Gasteiger partial charge in [-0.25, -0.2) is 4.68 Å². The van der Waals surface area contributed by atoms with Crippen LogP contribution in [0.4, 0.5) is 11.9 Å². The first kappa shape index (κ1) is 21.4. The van der Waals surface area contributed by atoms with Crippen molar-refractivity contribution in [1.82, 2.24) is 14.8 Å². The molecule has 3 aromatic rings. The molecule has 2 aliphatic rings. The number of thioether (sulfide) groups is 1. The average molecular weight is 464 g/mol. The first-order valence-corrected chi connectivity index (χ1v) is 11.9. The molecule has 2 heterocycles. The van der Waals surface area contributed by atoms with Crippen LogP contribution in [0.1, 0.15) is 35.9 Å². The van der Waals surface area contributed by atoms with Crippen molar-refractivity contribution in [3.05, 3.63) is 64.9 Å². The maximum Gasteiger partial charge on any atom is 0.241 e. The molecule has 1 aliphatic carbocycles. The van der Waals surface area contributed by atoms with E-state index < -0.39 is 0 Å². The normalized spacial score (nSPS) is 19.5. The number of nitrogen functional groups attached to an aromatic ring is 1. The molecule has 0 fully saturated rings. The summed E-state index contributed by atoms with van der Waals surface area (Å²) in [4.78, 5) is 19.1. The Kier molecular flexibility index (Phi) is 5.49. The molecule has 170 valence electrons. The molecule has 0 amide bonds. The summed E-state index contributed by atoms with van der Waals surface area (Å²) in [5.41, 5.74) is 9.53. The molecule has 0 spiro atoms. The number of rotatable bonds is 5. The number of Topliss-reactive ketones (excluding diaryl/α,β-unsaturated/α-hetero) is 1. The van der Waals surface area contributed by atoms with E-state index in [1.165, 1.54) is 0 Å². The summed E-state index contributed by atoms with van der Waals surface area (Å²) in [6.45, 7) is 0. The Hall–Kier alpha value is -3.46. The van der Waals surface area contributed by atoms with E-state index in [1.54, 1.807) is 30.7 Å². The molecule has 2 aromatic carbocycles. The van der Waals surface area contributed by atoms with Crippen molar-refractivity contribution in [3.63, 3.8) is 0 Å². The number of nitrogens with two attached hydrogens (primary N) is 1. The highest BCUT2D eigenvalue weighted by atomic mass is 32.2. The summed E-state index contributed by atoms with van der Waals surface area (Å²) in [5, 5.41) is 7.73. The summed E-state index contributed by atoms with van der Waals surface area (Å²) in [6, 6.07) is 13.7. The Morgan fingerprint density at radius 1 is 1.06 bits per heavy atom. The first-order valence-electron chi connectivity index (χ1n) is 10.6. The summed E-state index contributed by atoms with van der Waals surface area (Å²) in [7, 11) is 3.22. The molecule has 8 nitrogen and oxygen atoms in total. The molecule has 3 N–H and O–H groups in total. The number of fused-ring (bicyclic) bond motifs is 1. The highest BCUT2D eigenvalue weighted by molar-refractivity contribution is 7.98. The van der Waals surface area contributed by atoms with Crippen molar-refractivity contribution in [1.29, 1.82) is 0 Å². The average Bonchev–Trinajstić information content (AvgIpc) is 3.21. The number of hydrogen-bond donors (Lipinski definition) is 2. The molecular weight excluding hydrogens is 438 g/mol. The maximum absolute atomic E-state index is 13.6. The van der Waals surface area contributed by atoms with Crippen LogP contribution in [0, 0.1) is 0 Å². The van der Waals surface area contributed by atoms with E-state index in [-0.39, 0.29) is 23.7 Å². The van der Waals surface area contributed by atoms with Gasteiger partial charge < -0.3 is 20.5 Å². The largest absolute Gasteiger partial charge is 0.493 e. The lowest BCUT2D eigenvalue weighted by Crippen LogP contribution is -2.33. The molecule has 1 aromatic heterocycles. The van der Waals surface area contributed by atoms with Gasteiger partial charge in [0.05, 0.1) is 14.2 Å². The third-order valence-corrected chi connectivity index (χ3v) is 6.99. The predicted molar refractivity (Wildman–Crippen MR) is 128 cm³/mol. The van der Waals surface area contributed by atoms with Crippen molar-refractivity contribution >= 4 is 29.4 Å². The zero-order chi connectivity index (χ0) is 23.1. The van der Waals surface area contributed by atoms with Gasteiger partial charge in [-0.3, -0.25) is 4.79 Å². The second-order valence-corrected chi connectivity index (χ2v) is 8.95. The van der Waals surface area contributed by atoms with Gasteiger partial charge in [-0.2, -0.15) is 4.98 Å². The highest BCUT2D eigenvalue weighted by Gasteiger charge is 2.39. The van der Waals surface area contributed by atoms with Crippen molar-refractivity contribution < 1.29 is 14.3 Å². The van der Waals surface area contributed by atoms with E-state index in [0.717, 1.165) is 27.3 Å². The van der Waals surface area contributed by atoms with E-state index in [0.29, 0.717) is 30.3 Å². The molecule has 0 saturated carbocycles. The van der Waals surface area contributed by atoms with Crippen LogP contribution in [0.5, 0.6) is 11.5 Å². The summed E-state index contributed by atoms with van der Waals surface area (Å²) in [5.74, 6) is 2.13. The minimum Gasteiger partial charge on any atom is -0.493 e. The van der Waals surface area contributed by atoms with Crippen molar-refractivity contribution in [3.8, 4) is 11.5 Å². The van der Waals surface area contributed by atoms with Crippen molar-refractivity contribution in [2.24, 2.45) is 0 Å². The molecule has 33 heavy (non-hydrogen) atoms. The fraction of sp³-hybridized carbons (Fsp3) is 0.292. The standard InChI is InChI=1S/C24H25N5O3S/c1-31-19-9-6-14(12-20(19)32-2)15-10-17-21(18(30)11-15)22(13-4-7-16(33-3)8-5-13)29-24(26-17)27-23(25)28-29/h4-9,12,15,22H,10-11H2,1-3H3,(H3,25,26,27,28). The van der Waals surface area contributed by atoms with Crippen LogP contribution in [0.25, 0.3) is 0 Å². The number of ketones is 1. The van der Waals surface area contributed by atoms with Crippen LogP contribution < -0.4 is 20.5 Å². The summed E-state index contributed by atoms with van der Waals surface area (Å²) >= 11 is 1.68. The number of hydrogen-bond acceptors (Lipinski definition) is 8. The smallest absolute Gasteiger partial charge is 0.241 e. The first-order chi connectivity index (χ1) is 16.0. The Morgan fingerprint density at radius 3 is 2.48 bits per heavy atom. The fourth-order valence-electron chi connectivity index (χ4n) is 4.67. The number of aromatic nitrogens is 3. The molecule has 1 aliphatic heterocycles. The lowest BCUT2D eigenvalue weighted by molar-refractivity contribution is -0.116. The molecular formula is C24H25N5O3S. The van der Waals surface area contributed by atoms with E-state index >= 15 is 0 Å². The number of allylic oxidation sites excluding steroid dienone is 2. The van der Waals surface area contributed by atoms with E-state index in [9.17, 15) is 4.79 Å². The monoisotopic (exact) mass is 463 g/mol. The van der Waals surface area contributed by atoms with Crippen molar-refractivity contribution in [2.45, 2.75) is 29.7 Å². The SMILES string of the molecule is COc1ccc(C2CC(=O)C3=C(C2)Nc2nc(N)nn2C3c2ccc(SC)cc2)cc1OC. The maximum atomic E-state index is 13.6. The Labute approximate surface area is 196 Å². The van der Waals surface area contributed by atoms with Crippen molar-refractivity contribution in [2.75, 3.05) is 31.5 Å². The van der Waals surface area contributed by atoms with Gasteiger partial charge in [-0.05, 0) is 54.0 Å². The van der Waals surface area contributed by atoms with E-state index in [4.69, 9.17) is 15.2 Å². The van der Waals surface area contributed by atoms with Gasteiger partial charge in [0.2, 0.25) is 11.9 Å². The van der Waals surface area contributed by atoms with Gasteiger partial charge in [-0.15, -0.1) is 16.9 Å². The fourth-order valence-corrected chi connectivity index (χ4v) is 5.07. The number of nitrogens with one attached hydrogen (secondary N) is 1. The topological polar surface area (TPSA) is 104 Å². The molecule has 2 atom stereocenters. The number of nitrogens with zero attached hydrogens (tertiary/aromatic N) is 3. The minimum absolute atomic E-state index is 0.00916. The Morgan fingerprint density at radius 2 is 1.79 bits per heavy atom. The third-order valence-electron chi connectivity index (χ3n) is 6.25. The van der Waals surface area contributed by atoms with Crippen LogP contribution in [0.3, 0.4) is 0 Å². The third kappa shape index (κ3) is 3.72. The van der Waals surface area contributed by atoms with Gasteiger partial charge in [0.1, 0.15) is 6.04 Å². The van der Waals surface area contributed by atoms with Gasteiger partial charge in [0.15, 0.2) is 17.3 Å². The van der Waals surface area contributed by atoms with Crippen LogP contribution in [0.15, 0.2) is 58.6 Å². The molecule has 0 saturated heterocycles. The number of methoxy groups -OCH3 is 2. The second kappa shape index (κ2) is 8.47. The van der Waals surface area contributed by atoms with Crippen LogP contribution >= 0.6 is 11.8 Å². The Bertz CT molecular complexity index is 1250. The minimum atomic E-state index is -0.365. The Balaban J connectivity index is 1.56. The quantitative estimate of drug-likeness (QED) is 0.547. The number of benzene rings is 2. The zero-order valence-corrected chi connectivity index (χ0v) is 19.5. The van der Waals surface area contributed by atoms with Gasteiger partial charge >= 0.3 is 0 Å². The highest BCUT2D eigenvalue weighted by Crippen LogP contribution is 2.45. The van der Waals surface area contributed by atoms with E-state index in [2.05, 4.69) is 27.5 Å². The van der Waals surface area contributed by atoms with Gasteiger partial charge in [-0.1, -0.05) is 18.2 Å².